The monoisotopic (exact) mass is 393 g/mol. The summed E-state index contributed by atoms with van der Waals surface area (Å²) in [6.45, 7) is 5.06. The summed E-state index contributed by atoms with van der Waals surface area (Å²) in [4.78, 5) is 17.3. The summed E-state index contributed by atoms with van der Waals surface area (Å²) in [5, 5.41) is 0.820. The molecular weight excluding hydrogens is 370 g/mol. The Labute approximate surface area is 170 Å². The summed E-state index contributed by atoms with van der Waals surface area (Å²) in [6.07, 6.45) is 7.64. The minimum absolute atomic E-state index is 0.209. The van der Waals surface area contributed by atoms with Crippen molar-refractivity contribution < 1.29 is 0 Å². The zero-order valence-electron chi connectivity index (χ0n) is 15.8. The zero-order valence-corrected chi connectivity index (χ0v) is 16.6. The molecule has 0 saturated carbocycles. The lowest BCUT2D eigenvalue weighted by Crippen LogP contribution is -2.47. The van der Waals surface area contributed by atoms with Gasteiger partial charge in [0.25, 0.3) is 0 Å². The molecule has 2 aliphatic rings. The number of nitrogens with zero attached hydrogens (tertiary/aromatic N) is 4. The Balaban J connectivity index is 1.43. The van der Waals surface area contributed by atoms with Crippen LogP contribution >= 0.6 is 11.6 Å². The number of pyridine rings is 1. The standard InChI is InChI=1S/C22H24ClN5/c23-18-5-6-20-17(12-18)4-3-16-2-1-7-25-21(16)22(20)28-10-8-27(9-11-28)14-19-13-24-15-26-19/h1-2,5-7,12-13,15,22H,3-4,8-11,14H2,(H,24,26). The highest BCUT2D eigenvalue weighted by Gasteiger charge is 2.32. The number of hydrogen-bond donors (Lipinski definition) is 1. The van der Waals surface area contributed by atoms with Crippen LogP contribution in [0.2, 0.25) is 5.02 Å². The minimum atomic E-state index is 0.209. The second-order valence-electron chi connectivity index (χ2n) is 7.68. The first-order valence-corrected chi connectivity index (χ1v) is 10.3. The van der Waals surface area contributed by atoms with E-state index in [4.69, 9.17) is 16.6 Å². The number of H-pyrrole nitrogens is 1. The maximum atomic E-state index is 6.32. The molecule has 2 aromatic heterocycles. The normalized spacial score (nSPS) is 20.4. The number of fused-ring (bicyclic) bond motifs is 2. The molecule has 5 nitrogen and oxygen atoms in total. The number of aromatic amines is 1. The average molecular weight is 394 g/mol. The second kappa shape index (κ2) is 7.66. The zero-order chi connectivity index (χ0) is 18.9. The molecule has 0 spiro atoms. The van der Waals surface area contributed by atoms with Gasteiger partial charge in [0, 0.05) is 55.8 Å². The largest absolute Gasteiger partial charge is 0.347 e. The maximum Gasteiger partial charge on any atom is 0.0922 e. The summed E-state index contributed by atoms with van der Waals surface area (Å²) in [7, 11) is 0. The van der Waals surface area contributed by atoms with E-state index in [1.165, 1.54) is 28.1 Å². The fraction of sp³-hybridized carbons (Fsp3) is 0.364. The number of aromatic nitrogens is 3. The van der Waals surface area contributed by atoms with E-state index in [-0.39, 0.29) is 6.04 Å². The third-order valence-corrected chi connectivity index (χ3v) is 6.20. The van der Waals surface area contributed by atoms with Gasteiger partial charge in [0.1, 0.15) is 0 Å². The number of hydrogen-bond acceptors (Lipinski definition) is 4. The van der Waals surface area contributed by atoms with E-state index in [2.05, 4.69) is 44.0 Å². The Bertz CT molecular complexity index is 947. The molecule has 144 valence electrons. The number of aryl methyl sites for hydroxylation is 2. The molecular formula is C22H24ClN5. The lowest BCUT2D eigenvalue weighted by atomic mass is 9.96. The van der Waals surface area contributed by atoms with Gasteiger partial charge in [0.2, 0.25) is 0 Å². The van der Waals surface area contributed by atoms with Gasteiger partial charge in [-0.15, -0.1) is 0 Å². The van der Waals surface area contributed by atoms with Gasteiger partial charge in [-0.1, -0.05) is 23.7 Å². The molecule has 1 saturated heterocycles. The van der Waals surface area contributed by atoms with Crippen LogP contribution in [-0.4, -0.2) is 50.9 Å². The van der Waals surface area contributed by atoms with Crippen LogP contribution in [-0.2, 0) is 19.4 Å². The van der Waals surface area contributed by atoms with Crippen LogP contribution in [0.4, 0.5) is 0 Å². The summed E-state index contributed by atoms with van der Waals surface area (Å²) in [5.41, 5.74) is 6.47. The van der Waals surface area contributed by atoms with Crippen molar-refractivity contribution in [2.24, 2.45) is 0 Å². The first-order chi connectivity index (χ1) is 13.8. The third kappa shape index (κ3) is 3.46. The van der Waals surface area contributed by atoms with Crippen molar-refractivity contribution in [3.8, 4) is 0 Å². The van der Waals surface area contributed by atoms with E-state index in [1.807, 2.05) is 18.5 Å². The van der Waals surface area contributed by atoms with E-state index in [0.717, 1.165) is 50.6 Å². The Hall–Kier alpha value is -2.21. The van der Waals surface area contributed by atoms with Gasteiger partial charge in [-0.05, 0) is 47.7 Å². The first kappa shape index (κ1) is 17.9. The molecule has 1 aromatic carbocycles. The van der Waals surface area contributed by atoms with Crippen molar-refractivity contribution in [2.75, 3.05) is 26.2 Å². The van der Waals surface area contributed by atoms with Crippen LogP contribution in [0.15, 0.2) is 49.1 Å². The summed E-state index contributed by atoms with van der Waals surface area (Å²) < 4.78 is 0. The molecule has 5 rings (SSSR count). The molecule has 1 aliphatic carbocycles. The fourth-order valence-corrected chi connectivity index (χ4v) is 4.74. The minimum Gasteiger partial charge on any atom is -0.347 e. The van der Waals surface area contributed by atoms with Crippen LogP contribution in [0.25, 0.3) is 0 Å². The van der Waals surface area contributed by atoms with Gasteiger partial charge in [-0.25, -0.2) is 4.98 Å². The van der Waals surface area contributed by atoms with E-state index >= 15 is 0 Å². The number of imidazole rings is 1. The molecule has 28 heavy (non-hydrogen) atoms. The molecule has 0 amide bonds. The van der Waals surface area contributed by atoms with Crippen LogP contribution in [0.1, 0.15) is 34.1 Å². The summed E-state index contributed by atoms with van der Waals surface area (Å²) >= 11 is 6.32. The number of halogens is 1. The van der Waals surface area contributed by atoms with Gasteiger partial charge >= 0.3 is 0 Å². The molecule has 1 atom stereocenters. The number of benzene rings is 1. The van der Waals surface area contributed by atoms with Gasteiger partial charge in [0.15, 0.2) is 0 Å². The first-order valence-electron chi connectivity index (χ1n) is 9.94. The van der Waals surface area contributed by atoms with E-state index in [9.17, 15) is 0 Å². The highest BCUT2D eigenvalue weighted by Crippen LogP contribution is 2.37. The van der Waals surface area contributed by atoms with Crippen molar-refractivity contribution in [3.63, 3.8) is 0 Å². The third-order valence-electron chi connectivity index (χ3n) is 5.97. The Morgan fingerprint density at radius 2 is 1.93 bits per heavy atom. The Kier molecular flexibility index (Phi) is 4.89. The smallest absolute Gasteiger partial charge is 0.0922 e. The van der Waals surface area contributed by atoms with Crippen LogP contribution < -0.4 is 0 Å². The molecule has 6 heteroatoms. The predicted molar refractivity (Wildman–Crippen MR) is 110 cm³/mol. The summed E-state index contributed by atoms with van der Waals surface area (Å²) in [5.74, 6) is 0. The molecule has 1 fully saturated rings. The highest BCUT2D eigenvalue weighted by molar-refractivity contribution is 6.30. The summed E-state index contributed by atoms with van der Waals surface area (Å²) in [6, 6.07) is 10.9. The number of piperazine rings is 1. The number of rotatable bonds is 3. The average Bonchev–Trinajstić information content (AvgIpc) is 3.17. The van der Waals surface area contributed by atoms with Crippen molar-refractivity contribution in [1.82, 2.24) is 24.8 Å². The Morgan fingerprint density at radius 3 is 2.75 bits per heavy atom. The lowest BCUT2D eigenvalue weighted by molar-refractivity contribution is 0.102. The van der Waals surface area contributed by atoms with Gasteiger partial charge in [-0.2, -0.15) is 0 Å². The van der Waals surface area contributed by atoms with E-state index < -0.39 is 0 Å². The van der Waals surface area contributed by atoms with Crippen molar-refractivity contribution in [3.05, 3.63) is 82.2 Å². The predicted octanol–water partition coefficient (Wildman–Crippen LogP) is 3.46. The molecule has 1 aliphatic heterocycles. The molecule has 0 bridgehead atoms. The van der Waals surface area contributed by atoms with E-state index in [0.29, 0.717) is 0 Å². The van der Waals surface area contributed by atoms with Crippen molar-refractivity contribution in [2.45, 2.75) is 25.4 Å². The number of nitrogens with one attached hydrogen (secondary N) is 1. The van der Waals surface area contributed by atoms with Gasteiger partial charge in [-0.3, -0.25) is 14.8 Å². The lowest BCUT2D eigenvalue weighted by Gasteiger charge is -2.39. The fourth-order valence-electron chi connectivity index (χ4n) is 4.54. The topological polar surface area (TPSA) is 48.1 Å². The van der Waals surface area contributed by atoms with Gasteiger partial charge in [0.05, 0.1) is 18.1 Å². The van der Waals surface area contributed by atoms with Gasteiger partial charge < -0.3 is 4.98 Å². The molecule has 3 heterocycles. The molecule has 1 N–H and O–H groups in total. The van der Waals surface area contributed by atoms with Crippen LogP contribution in [0, 0.1) is 0 Å². The van der Waals surface area contributed by atoms with Crippen LogP contribution in [0.5, 0.6) is 0 Å². The molecule has 3 aromatic rings. The molecule has 0 radical (unpaired) electrons. The molecule has 1 unspecified atom stereocenters. The van der Waals surface area contributed by atoms with Crippen LogP contribution in [0.3, 0.4) is 0 Å². The van der Waals surface area contributed by atoms with E-state index in [1.54, 1.807) is 6.33 Å². The van der Waals surface area contributed by atoms with Crippen molar-refractivity contribution in [1.29, 1.82) is 0 Å². The maximum absolute atomic E-state index is 6.32. The second-order valence-corrected chi connectivity index (χ2v) is 8.12. The SMILES string of the molecule is Clc1ccc2c(c1)CCc1cccnc1C2N1CCN(Cc2cnc[nH]2)CC1. The highest BCUT2D eigenvalue weighted by atomic mass is 35.5. The Morgan fingerprint density at radius 1 is 1.07 bits per heavy atom. The van der Waals surface area contributed by atoms with Crippen molar-refractivity contribution >= 4 is 11.6 Å². The quantitative estimate of drug-likeness (QED) is 0.740.